The molecule has 3 unspecified atom stereocenters. The molecular weight excluding hydrogens is 179 g/mol. The Balaban J connectivity index is 1.92. The molecule has 4 aliphatic carbocycles. The monoisotopic (exact) mass is 198 g/mol. The second kappa shape index (κ2) is 2.70. The van der Waals surface area contributed by atoms with E-state index < -0.39 is 0 Å². The summed E-state index contributed by atoms with van der Waals surface area (Å²) in [4.78, 5) is 0. The van der Waals surface area contributed by atoms with Gasteiger partial charge >= 0.3 is 0 Å². The molecular formula is C11H19OP. The smallest absolute Gasteiger partial charge is 0.0726 e. The third-order valence-corrected chi connectivity index (χ3v) is 5.44. The average Bonchev–Trinajstić information content (AvgIpc) is 2.13. The summed E-state index contributed by atoms with van der Waals surface area (Å²) in [7, 11) is 2.52. The van der Waals surface area contributed by atoms with Crippen LogP contribution >= 0.6 is 9.47 Å². The van der Waals surface area contributed by atoms with E-state index in [1.165, 1.54) is 32.1 Å². The van der Waals surface area contributed by atoms with Crippen LogP contribution in [0.5, 0.6) is 0 Å². The van der Waals surface area contributed by atoms with Crippen LogP contribution in [-0.2, 0) is 4.52 Å². The van der Waals surface area contributed by atoms with E-state index in [1.54, 1.807) is 0 Å². The molecule has 4 fully saturated rings. The molecule has 4 saturated carbocycles. The highest BCUT2D eigenvalue weighted by atomic mass is 31.0. The Labute approximate surface area is 82.9 Å². The Morgan fingerprint density at radius 3 is 2.31 bits per heavy atom. The van der Waals surface area contributed by atoms with E-state index in [4.69, 9.17) is 4.52 Å². The zero-order valence-electron chi connectivity index (χ0n) is 8.33. The Morgan fingerprint density at radius 1 is 1.15 bits per heavy atom. The predicted molar refractivity (Wildman–Crippen MR) is 56.2 cm³/mol. The summed E-state index contributed by atoms with van der Waals surface area (Å²) >= 11 is 0. The normalized spacial score (nSPS) is 58.6. The molecule has 3 atom stereocenters. The summed E-state index contributed by atoms with van der Waals surface area (Å²) in [6.07, 6.45) is 7.01. The van der Waals surface area contributed by atoms with E-state index in [-0.39, 0.29) is 5.60 Å². The van der Waals surface area contributed by atoms with Crippen molar-refractivity contribution in [1.82, 2.24) is 0 Å². The van der Waals surface area contributed by atoms with E-state index in [0.717, 1.165) is 23.7 Å². The molecule has 0 heterocycles. The van der Waals surface area contributed by atoms with Gasteiger partial charge in [0.15, 0.2) is 0 Å². The lowest BCUT2D eigenvalue weighted by Crippen LogP contribution is -2.54. The number of rotatable bonds is 1. The van der Waals surface area contributed by atoms with Crippen LogP contribution < -0.4 is 0 Å². The quantitative estimate of drug-likeness (QED) is 0.588. The van der Waals surface area contributed by atoms with E-state index >= 15 is 0 Å². The Morgan fingerprint density at radius 2 is 1.77 bits per heavy atom. The molecule has 2 heteroatoms. The molecule has 0 amide bonds. The molecule has 74 valence electrons. The summed E-state index contributed by atoms with van der Waals surface area (Å²) in [6.45, 7) is 2.46. The lowest BCUT2D eigenvalue weighted by molar-refractivity contribution is -0.126. The maximum atomic E-state index is 5.72. The minimum atomic E-state index is 0.285. The molecule has 0 aromatic rings. The van der Waals surface area contributed by atoms with Crippen LogP contribution in [-0.4, -0.2) is 5.60 Å². The summed E-state index contributed by atoms with van der Waals surface area (Å²) in [6, 6.07) is 0. The van der Waals surface area contributed by atoms with Crippen molar-refractivity contribution in [2.75, 3.05) is 0 Å². The Hall–Kier alpha value is 0.390. The van der Waals surface area contributed by atoms with Crippen molar-refractivity contribution in [1.29, 1.82) is 0 Å². The Bertz CT molecular complexity index is 212. The molecule has 0 N–H and O–H groups in total. The fourth-order valence-electron chi connectivity index (χ4n) is 4.35. The first kappa shape index (κ1) is 8.68. The predicted octanol–water partition coefficient (Wildman–Crippen LogP) is 3.01. The van der Waals surface area contributed by atoms with Gasteiger partial charge in [0, 0.05) is 9.47 Å². The highest BCUT2D eigenvalue weighted by molar-refractivity contribution is 7.09. The largest absolute Gasteiger partial charge is 0.359 e. The molecule has 4 bridgehead atoms. The summed E-state index contributed by atoms with van der Waals surface area (Å²) < 4.78 is 5.72. The topological polar surface area (TPSA) is 9.23 Å². The fourth-order valence-corrected chi connectivity index (χ4v) is 4.64. The van der Waals surface area contributed by atoms with Crippen LogP contribution in [0.3, 0.4) is 0 Å². The van der Waals surface area contributed by atoms with Gasteiger partial charge in [-0.3, -0.25) is 0 Å². The maximum Gasteiger partial charge on any atom is 0.0726 e. The van der Waals surface area contributed by atoms with Crippen LogP contribution in [0.2, 0.25) is 0 Å². The van der Waals surface area contributed by atoms with E-state index in [1.807, 2.05) is 0 Å². The standard InChI is InChI=1S/C11H19OP/c1-7-9-2-8-3-10(7)6-11(4-8,5-9)12-13/h7-10H,2-6,13H2,1H3. The fraction of sp³-hybridized carbons (Fsp3) is 1.00. The second-order valence-electron chi connectivity index (χ2n) is 5.63. The van der Waals surface area contributed by atoms with E-state index in [2.05, 4.69) is 16.4 Å². The number of hydrogen-bond acceptors (Lipinski definition) is 1. The first-order valence-electron chi connectivity index (χ1n) is 5.60. The highest BCUT2D eigenvalue weighted by Gasteiger charge is 2.54. The van der Waals surface area contributed by atoms with Crippen molar-refractivity contribution in [3.05, 3.63) is 0 Å². The third-order valence-electron chi connectivity index (χ3n) is 4.94. The van der Waals surface area contributed by atoms with Crippen LogP contribution in [0.15, 0.2) is 0 Å². The molecule has 0 radical (unpaired) electrons. The van der Waals surface area contributed by atoms with Gasteiger partial charge in [0.05, 0.1) is 5.60 Å². The number of hydrogen-bond donors (Lipinski definition) is 0. The van der Waals surface area contributed by atoms with Gasteiger partial charge in [-0.25, -0.2) is 0 Å². The first-order valence-corrected chi connectivity index (χ1v) is 6.07. The van der Waals surface area contributed by atoms with Gasteiger partial charge in [0.1, 0.15) is 0 Å². The minimum Gasteiger partial charge on any atom is -0.359 e. The summed E-state index contributed by atoms with van der Waals surface area (Å²) in [5.74, 6) is 3.93. The van der Waals surface area contributed by atoms with Crippen molar-refractivity contribution in [3.63, 3.8) is 0 Å². The van der Waals surface area contributed by atoms with Crippen molar-refractivity contribution < 1.29 is 4.52 Å². The third kappa shape index (κ3) is 1.13. The van der Waals surface area contributed by atoms with Gasteiger partial charge in [-0.2, -0.15) is 0 Å². The molecule has 0 aromatic heterocycles. The molecule has 4 aliphatic rings. The molecule has 13 heavy (non-hydrogen) atoms. The molecule has 4 rings (SSSR count). The van der Waals surface area contributed by atoms with Gasteiger partial charge in [-0.1, -0.05) is 6.92 Å². The first-order chi connectivity index (χ1) is 6.22. The molecule has 0 aliphatic heterocycles. The highest BCUT2D eigenvalue weighted by Crippen LogP contribution is 2.59. The van der Waals surface area contributed by atoms with Gasteiger partial charge in [-0.05, 0) is 55.8 Å². The van der Waals surface area contributed by atoms with Crippen molar-refractivity contribution >= 4 is 9.47 Å². The summed E-state index contributed by atoms with van der Waals surface area (Å²) in [5, 5.41) is 0. The van der Waals surface area contributed by atoms with Gasteiger partial charge < -0.3 is 4.52 Å². The lowest BCUT2D eigenvalue weighted by Gasteiger charge is -2.58. The van der Waals surface area contributed by atoms with Crippen molar-refractivity contribution in [2.45, 2.75) is 44.6 Å². The molecule has 0 aromatic carbocycles. The van der Waals surface area contributed by atoms with E-state index in [9.17, 15) is 0 Å². The van der Waals surface area contributed by atoms with Gasteiger partial charge in [-0.15, -0.1) is 0 Å². The van der Waals surface area contributed by atoms with Crippen molar-refractivity contribution in [3.8, 4) is 0 Å². The van der Waals surface area contributed by atoms with Crippen molar-refractivity contribution in [2.24, 2.45) is 23.7 Å². The Kier molecular flexibility index (Phi) is 1.80. The van der Waals surface area contributed by atoms with Crippen LogP contribution in [0, 0.1) is 23.7 Å². The SMILES string of the molecule is CC1C2CC3CC1CC(OP)(C3)C2. The lowest BCUT2D eigenvalue weighted by atomic mass is 9.50. The molecule has 0 spiro atoms. The molecule has 0 saturated heterocycles. The molecule has 1 nitrogen and oxygen atoms in total. The van der Waals surface area contributed by atoms with Crippen LogP contribution in [0.4, 0.5) is 0 Å². The summed E-state index contributed by atoms with van der Waals surface area (Å²) in [5.41, 5.74) is 0.285. The van der Waals surface area contributed by atoms with Gasteiger partial charge in [0.2, 0.25) is 0 Å². The minimum absolute atomic E-state index is 0.285. The second-order valence-corrected chi connectivity index (χ2v) is 5.87. The van der Waals surface area contributed by atoms with E-state index in [0.29, 0.717) is 0 Å². The van der Waals surface area contributed by atoms with Crippen LogP contribution in [0.25, 0.3) is 0 Å². The zero-order chi connectivity index (χ0) is 9.05. The van der Waals surface area contributed by atoms with Gasteiger partial charge in [0.25, 0.3) is 0 Å². The van der Waals surface area contributed by atoms with Crippen LogP contribution in [0.1, 0.15) is 39.0 Å². The maximum absolute atomic E-state index is 5.72. The zero-order valence-corrected chi connectivity index (χ0v) is 9.49. The average molecular weight is 198 g/mol.